The summed E-state index contributed by atoms with van der Waals surface area (Å²) in [4.78, 5) is 6.66. The molecule has 0 saturated carbocycles. The molecule has 2 aliphatic rings. The number of hydrogen-bond acceptors (Lipinski definition) is 4. The number of nitrogens with zero attached hydrogens (tertiary/aromatic N) is 2. The summed E-state index contributed by atoms with van der Waals surface area (Å²) in [5.74, 6) is 1.77. The minimum Gasteiger partial charge on any atom is -0.492 e. The first-order chi connectivity index (χ1) is 8.36. The fraction of sp³-hybridized carbons (Fsp3) is 0.615. The molecule has 3 rings (SSSR count). The zero-order valence-electron chi connectivity index (χ0n) is 10.2. The molecule has 4 heteroatoms. The summed E-state index contributed by atoms with van der Waals surface area (Å²) in [7, 11) is 0. The fourth-order valence-electron chi connectivity index (χ4n) is 2.68. The molecule has 0 amide bonds. The summed E-state index contributed by atoms with van der Waals surface area (Å²) < 4.78 is 5.49. The molecule has 0 aliphatic carbocycles. The Labute approximate surface area is 102 Å². The molecule has 17 heavy (non-hydrogen) atoms. The molecular formula is C13H19N3O. The molecule has 1 aromatic rings. The van der Waals surface area contributed by atoms with Crippen molar-refractivity contribution < 1.29 is 4.74 Å². The minimum atomic E-state index is 0.680. The number of fused-ring (bicyclic) bond motifs is 1. The average molecular weight is 233 g/mol. The molecule has 2 atom stereocenters. The lowest BCUT2D eigenvalue weighted by Crippen LogP contribution is -2.62. The van der Waals surface area contributed by atoms with Crippen LogP contribution in [0.3, 0.4) is 0 Å². The van der Waals surface area contributed by atoms with Crippen molar-refractivity contribution in [2.24, 2.45) is 5.92 Å². The van der Waals surface area contributed by atoms with Crippen LogP contribution in [0.1, 0.15) is 13.3 Å². The monoisotopic (exact) mass is 233 g/mol. The van der Waals surface area contributed by atoms with Crippen LogP contribution in [0.2, 0.25) is 0 Å². The number of anilines is 1. The van der Waals surface area contributed by atoms with Crippen molar-refractivity contribution >= 4 is 5.69 Å². The largest absolute Gasteiger partial charge is 0.492 e. The van der Waals surface area contributed by atoms with Crippen LogP contribution in [0.5, 0.6) is 5.75 Å². The zero-order chi connectivity index (χ0) is 11.7. The fourth-order valence-corrected chi connectivity index (χ4v) is 2.68. The third-order valence-electron chi connectivity index (χ3n) is 3.77. The quantitative estimate of drug-likeness (QED) is 0.853. The normalized spacial score (nSPS) is 27.2. The molecule has 2 aliphatic heterocycles. The Hall–Kier alpha value is -1.29. The van der Waals surface area contributed by atoms with Gasteiger partial charge in [0.05, 0.1) is 24.7 Å². The Kier molecular flexibility index (Phi) is 2.89. The maximum atomic E-state index is 5.49. The van der Waals surface area contributed by atoms with E-state index in [9.17, 15) is 0 Å². The third kappa shape index (κ3) is 2.09. The molecule has 4 nitrogen and oxygen atoms in total. The summed E-state index contributed by atoms with van der Waals surface area (Å²) in [5, 5.41) is 3.49. The Morgan fingerprint density at radius 1 is 1.53 bits per heavy atom. The molecule has 2 fully saturated rings. The number of piperidine rings is 1. The number of nitrogens with one attached hydrogen (secondary N) is 1. The molecule has 0 spiro atoms. The van der Waals surface area contributed by atoms with E-state index in [0.717, 1.165) is 24.8 Å². The van der Waals surface area contributed by atoms with E-state index in [4.69, 9.17) is 4.74 Å². The van der Waals surface area contributed by atoms with Gasteiger partial charge in [-0.1, -0.05) is 0 Å². The first-order valence-corrected chi connectivity index (χ1v) is 6.43. The minimum absolute atomic E-state index is 0.680. The van der Waals surface area contributed by atoms with Crippen molar-refractivity contribution in [1.29, 1.82) is 0 Å². The van der Waals surface area contributed by atoms with Gasteiger partial charge in [0.15, 0.2) is 0 Å². The highest BCUT2D eigenvalue weighted by Gasteiger charge is 2.35. The molecule has 92 valence electrons. The summed E-state index contributed by atoms with van der Waals surface area (Å²) in [6.45, 7) is 6.13. The van der Waals surface area contributed by atoms with Crippen molar-refractivity contribution in [3.05, 3.63) is 18.5 Å². The highest BCUT2D eigenvalue weighted by Crippen LogP contribution is 2.28. The topological polar surface area (TPSA) is 37.4 Å². The van der Waals surface area contributed by atoms with E-state index in [1.807, 2.05) is 13.1 Å². The van der Waals surface area contributed by atoms with Gasteiger partial charge in [-0.3, -0.25) is 4.98 Å². The van der Waals surface area contributed by atoms with Gasteiger partial charge in [-0.05, 0) is 25.8 Å². The second-order valence-electron chi connectivity index (χ2n) is 4.82. The Bertz CT molecular complexity index is 396. The van der Waals surface area contributed by atoms with Crippen LogP contribution < -0.4 is 15.0 Å². The maximum Gasteiger partial charge on any atom is 0.139 e. The van der Waals surface area contributed by atoms with Crippen molar-refractivity contribution in [2.75, 3.05) is 31.1 Å². The van der Waals surface area contributed by atoms with E-state index >= 15 is 0 Å². The van der Waals surface area contributed by atoms with Gasteiger partial charge in [0.1, 0.15) is 5.75 Å². The number of hydrogen-bond donors (Lipinski definition) is 1. The van der Waals surface area contributed by atoms with E-state index < -0.39 is 0 Å². The SMILES string of the molecule is CCOc1cncc(N2CC[C@H]3CN[C@H]3C2)c1. The lowest BCUT2D eigenvalue weighted by molar-refractivity contribution is 0.197. The van der Waals surface area contributed by atoms with Crippen LogP contribution in [0.25, 0.3) is 0 Å². The predicted octanol–water partition coefficient (Wildman–Crippen LogP) is 1.28. The molecule has 0 bridgehead atoms. The van der Waals surface area contributed by atoms with Gasteiger partial charge >= 0.3 is 0 Å². The third-order valence-corrected chi connectivity index (χ3v) is 3.77. The van der Waals surface area contributed by atoms with Crippen LogP contribution >= 0.6 is 0 Å². The molecular weight excluding hydrogens is 214 g/mol. The molecule has 0 unspecified atom stereocenters. The first kappa shape index (κ1) is 10.8. The predicted molar refractivity (Wildman–Crippen MR) is 67.5 cm³/mol. The molecule has 2 saturated heterocycles. The van der Waals surface area contributed by atoms with Gasteiger partial charge in [0, 0.05) is 25.2 Å². The van der Waals surface area contributed by atoms with Crippen molar-refractivity contribution in [3.63, 3.8) is 0 Å². The number of ether oxygens (including phenoxy) is 1. The molecule has 0 aromatic carbocycles. The van der Waals surface area contributed by atoms with Crippen molar-refractivity contribution in [1.82, 2.24) is 10.3 Å². The second-order valence-corrected chi connectivity index (χ2v) is 4.82. The van der Waals surface area contributed by atoms with Crippen LogP contribution in [0.4, 0.5) is 5.69 Å². The van der Waals surface area contributed by atoms with Crippen molar-refractivity contribution in [3.8, 4) is 5.75 Å². The molecule has 1 aromatic heterocycles. The number of pyridine rings is 1. The van der Waals surface area contributed by atoms with Gasteiger partial charge in [-0.25, -0.2) is 0 Å². The molecule has 0 radical (unpaired) electrons. The van der Waals surface area contributed by atoms with Gasteiger partial charge < -0.3 is 15.0 Å². The van der Waals surface area contributed by atoms with E-state index in [1.54, 1.807) is 6.20 Å². The molecule has 1 N–H and O–H groups in total. The van der Waals surface area contributed by atoms with Crippen molar-refractivity contribution in [2.45, 2.75) is 19.4 Å². The molecule has 3 heterocycles. The summed E-state index contributed by atoms with van der Waals surface area (Å²) in [5.41, 5.74) is 1.18. The summed E-state index contributed by atoms with van der Waals surface area (Å²) in [6.07, 6.45) is 5.00. The highest BCUT2D eigenvalue weighted by molar-refractivity contribution is 5.49. The number of aromatic nitrogens is 1. The van der Waals surface area contributed by atoms with Gasteiger partial charge in [0.2, 0.25) is 0 Å². The van der Waals surface area contributed by atoms with Gasteiger partial charge in [-0.15, -0.1) is 0 Å². The van der Waals surface area contributed by atoms with E-state index in [1.165, 1.54) is 18.7 Å². The summed E-state index contributed by atoms with van der Waals surface area (Å²) in [6, 6.07) is 2.77. The average Bonchev–Trinajstić information content (AvgIpc) is 2.32. The standard InChI is InChI=1S/C13H19N3O/c1-2-17-12-5-11(7-14-8-12)16-4-3-10-6-15-13(10)9-16/h5,7-8,10,13,15H,2-4,6,9H2,1H3/t10-,13-/m0/s1. The Morgan fingerprint density at radius 3 is 3.18 bits per heavy atom. The van der Waals surface area contributed by atoms with E-state index in [0.29, 0.717) is 12.6 Å². The summed E-state index contributed by atoms with van der Waals surface area (Å²) >= 11 is 0. The number of rotatable bonds is 3. The van der Waals surface area contributed by atoms with Crippen LogP contribution in [-0.4, -0.2) is 37.3 Å². The first-order valence-electron chi connectivity index (χ1n) is 6.43. The van der Waals surface area contributed by atoms with E-state index in [2.05, 4.69) is 21.3 Å². The second kappa shape index (κ2) is 4.53. The van der Waals surface area contributed by atoms with Crippen LogP contribution in [0, 0.1) is 5.92 Å². The van der Waals surface area contributed by atoms with Crippen LogP contribution in [-0.2, 0) is 0 Å². The smallest absolute Gasteiger partial charge is 0.139 e. The Balaban J connectivity index is 1.72. The lowest BCUT2D eigenvalue weighted by atomic mass is 9.85. The zero-order valence-corrected chi connectivity index (χ0v) is 10.2. The van der Waals surface area contributed by atoms with E-state index in [-0.39, 0.29) is 0 Å². The maximum absolute atomic E-state index is 5.49. The lowest BCUT2D eigenvalue weighted by Gasteiger charge is -2.47. The van der Waals surface area contributed by atoms with Crippen LogP contribution in [0.15, 0.2) is 18.5 Å². The Morgan fingerprint density at radius 2 is 2.47 bits per heavy atom. The highest BCUT2D eigenvalue weighted by atomic mass is 16.5. The van der Waals surface area contributed by atoms with Gasteiger partial charge in [-0.2, -0.15) is 0 Å². The van der Waals surface area contributed by atoms with Gasteiger partial charge in [0.25, 0.3) is 0 Å².